The Labute approximate surface area is 187 Å². The number of morpholine rings is 1. The van der Waals surface area contributed by atoms with E-state index in [1.807, 2.05) is 12.3 Å². The Hall–Kier alpha value is -1.09. The maximum Gasteiger partial charge on any atom is 0.191 e. The van der Waals surface area contributed by atoms with E-state index in [4.69, 9.17) is 9.73 Å². The van der Waals surface area contributed by atoms with Gasteiger partial charge in [-0.25, -0.2) is 9.98 Å². The Morgan fingerprint density at radius 1 is 1.25 bits per heavy atom. The standard InChI is InChI=1S/C21H37N5O.HI/c1-4-6-7-8-10-18(3)25-21(22-5-2)24-17-19-11-9-12-23-20(19)26-13-15-27-16-14-26;/h9,11-12,18H,4-8,10,13-17H2,1-3H3,(H2,22,24,25);1H. The van der Waals surface area contributed by atoms with Crippen LogP contribution in [0.5, 0.6) is 0 Å². The molecule has 1 saturated heterocycles. The van der Waals surface area contributed by atoms with Gasteiger partial charge in [-0.1, -0.05) is 38.7 Å². The molecule has 1 aromatic rings. The number of halogens is 1. The van der Waals surface area contributed by atoms with E-state index < -0.39 is 0 Å². The Balaban J connectivity index is 0.00000392. The minimum absolute atomic E-state index is 0. The molecule has 6 nitrogen and oxygen atoms in total. The fourth-order valence-electron chi connectivity index (χ4n) is 3.28. The topological polar surface area (TPSA) is 61.8 Å². The number of nitrogens with zero attached hydrogens (tertiary/aromatic N) is 3. The highest BCUT2D eigenvalue weighted by atomic mass is 127. The maximum absolute atomic E-state index is 5.47. The Morgan fingerprint density at radius 2 is 2.04 bits per heavy atom. The van der Waals surface area contributed by atoms with Crippen LogP contribution in [0.3, 0.4) is 0 Å². The van der Waals surface area contributed by atoms with Crippen LogP contribution < -0.4 is 15.5 Å². The summed E-state index contributed by atoms with van der Waals surface area (Å²) < 4.78 is 5.47. The highest BCUT2D eigenvalue weighted by Gasteiger charge is 2.15. The van der Waals surface area contributed by atoms with E-state index in [0.29, 0.717) is 12.6 Å². The molecule has 1 aliphatic heterocycles. The zero-order valence-corrected chi connectivity index (χ0v) is 20.1. The van der Waals surface area contributed by atoms with Crippen LogP contribution in [0.25, 0.3) is 0 Å². The SMILES string of the molecule is CCCCCCC(C)NC(=NCc1cccnc1N1CCOCC1)NCC.I. The lowest BCUT2D eigenvalue weighted by atomic mass is 10.1. The van der Waals surface area contributed by atoms with E-state index in [1.165, 1.54) is 32.1 Å². The third-order valence-corrected chi connectivity index (χ3v) is 4.80. The van der Waals surface area contributed by atoms with Crippen molar-refractivity contribution in [2.75, 3.05) is 37.7 Å². The number of hydrogen-bond acceptors (Lipinski definition) is 4. The van der Waals surface area contributed by atoms with Crippen molar-refractivity contribution in [1.29, 1.82) is 0 Å². The number of unbranched alkanes of at least 4 members (excludes halogenated alkanes) is 3. The van der Waals surface area contributed by atoms with E-state index in [0.717, 1.165) is 50.2 Å². The molecule has 0 saturated carbocycles. The average molecular weight is 503 g/mol. The Morgan fingerprint density at radius 3 is 2.75 bits per heavy atom. The van der Waals surface area contributed by atoms with E-state index >= 15 is 0 Å². The molecule has 0 spiro atoms. The molecule has 1 aliphatic rings. The first-order valence-corrected chi connectivity index (χ1v) is 10.6. The van der Waals surface area contributed by atoms with Crippen LogP contribution in [0.2, 0.25) is 0 Å². The zero-order valence-electron chi connectivity index (χ0n) is 17.7. The second-order valence-corrected chi connectivity index (χ2v) is 7.18. The molecule has 2 N–H and O–H groups in total. The lowest BCUT2D eigenvalue weighted by molar-refractivity contribution is 0.122. The normalized spacial score (nSPS) is 15.7. The van der Waals surface area contributed by atoms with Crippen LogP contribution in [-0.4, -0.2) is 49.8 Å². The van der Waals surface area contributed by atoms with Gasteiger partial charge in [-0.05, 0) is 26.3 Å². The Kier molecular flexibility index (Phi) is 13.2. The van der Waals surface area contributed by atoms with Gasteiger partial charge in [-0.3, -0.25) is 0 Å². The highest BCUT2D eigenvalue weighted by Crippen LogP contribution is 2.19. The summed E-state index contributed by atoms with van der Waals surface area (Å²) in [6, 6.07) is 4.54. The number of guanidine groups is 1. The molecule has 7 heteroatoms. The van der Waals surface area contributed by atoms with Crippen molar-refractivity contribution in [1.82, 2.24) is 15.6 Å². The van der Waals surface area contributed by atoms with Crippen LogP contribution in [0.15, 0.2) is 23.3 Å². The van der Waals surface area contributed by atoms with E-state index in [9.17, 15) is 0 Å². The van der Waals surface area contributed by atoms with Crippen molar-refractivity contribution < 1.29 is 4.74 Å². The first-order valence-electron chi connectivity index (χ1n) is 10.6. The lowest BCUT2D eigenvalue weighted by Gasteiger charge is -2.29. The quantitative estimate of drug-likeness (QED) is 0.219. The van der Waals surface area contributed by atoms with Gasteiger partial charge in [0.15, 0.2) is 5.96 Å². The summed E-state index contributed by atoms with van der Waals surface area (Å²) >= 11 is 0. The molecule has 28 heavy (non-hydrogen) atoms. The van der Waals surface area contributed by atoms with Gasteiger partial charge in [0.25, 0.3) is 0 Å². The van der Waals surface area contributed by atoms with E-state index in [-0.39, 0.29) is 24.0 Å². The molecule has 0 amide bonds. The molecule has 1 atom stereocenters. The summed E-state index contributed by atoms with van der Waals surface area (Å²) in [6.45, 7) is 11.4. The molecule has 0 aromatic carbocycles. The molecule has 2 rings (SSSR count). The van der Waals surface area contributed by atoms with E-state index in [2.05, 4.69) is 47.4 Å². The van der Waals surface area contributed by atoms with Gasteiger partial charge >= 0.3 is 0 Å². The minimum Gasteiger partial charge on any atom is -0.378 e. The second kappa shape index (κ2) is 14.8. The number of anilines is 1. The second-order valence-electron chi connectivity index (χ2n) is 7.18. The van der Waals surface area contributed by atoms with Gasteiger partial charge in [0.2, 0.25) is 0 Å². The summed E-state index contributed by atoms with van der Waals surface area (Å²) in [5.41, 5.74) is 1.16. The molecule has 0 bridgehead atoms. The third kappa shape index (κ3) is 8.94. The van der Waals surface area contributed by atoms with Gasteiger partial charge < -0.3 is 20.3 Å². The van der Waals surface area contributed by atoms with Gasteiger partial charge in [0, 0.05) is 37.4 Å². The van der Waals surface area contributed by atoms with Gasteiger partial charge in [0.1, 0.15) is 5.82 Å². The number of aliphatic imine (C=N–C) groups is 1. The summed E-state index contributed by atoms with van der Waals surface area (Å²) in [4.78, 5) is 11.7. The highest BCUT2D eigenvalue weighted by molar-refractivity contribution is 14.0. The van der Waals surface area contributed by atoms with Crippen molar-refractivity contribution in [2.45, 2.75) is 65.5 Å². The Bertz CT molecular complexity index is 563. The third-order valence-electron chi connectivity index (χ3n) is 4.80. The number of hydrogen-bond donors (Lipinski definition) is 2. The summed E-state index contributed by atoms with van der Waals surface area (Å²) in [7, 11) is 0. The van der Waals surface area contributed by atoms with E-state index in [1.54, 1.807) is 0 Å². The molecule has 1 unspecified atom stereocenters. The smallest absolute Gasteiger partial charge is 0.191 e. The number of nitrogens with one attached hydrogen (secondary N) is 2. The molecular weight excluding hydrogens is 465 g/mol. The molecule has 2 heterocycles. The van der Waals surface area contributed by atoms with Crippen molar-refractivity contribution in [3.8, 4) is 0 Å². The van der Waals surface area contributed by atoms with Gasteiger partial charge in [-0.2, -0.15) is 0 Å². The zero-order chi connectivity index (χ0) is 19.3. The predicted octanol–water partition coefficient (Wildman–Crippen LogP) is 3.95. The number of ether oxygens (including phenoxy) is 1. The fourth-order valence-corrected chi connectivity index (χ4v) is 3.28. The first-order chi connectivity index (χ1) is 13.2. The first kappa shape index (κ1) is 24.9. The van der Waals surface area contributed by atoms with Crippen LogP contribution in [0.4, 0.5) is 5.82 Å². The van der Waals surface area contributed by atoms with Crippen molar-refractivity contribution in [3.63, 3.8) is 0 Å². The number of aromatic nitrogens is 1. The number of rotatable bonds is 10. The number of pyridine rings is 1. The monoisotopic (exact) mass is 503 g/mol. The summed E-state index contributed by atoms with van der Waals surface area (Å²) in [5.74, 6) is 1.92. The van der Waals surface area contributed by atoms with Crippen LogP contribution in [-0.2, 0) is 11.3 Å². The molecule has 0 aliphatic carbocycles. The van der Waals surface area contributed by atoms with Crippen molar-refractivity contribution in [2.24, 2.45) is 4.99 Å². The summed E-state index contributed by atoms with van der Waals surface area (Å²) in [6.07, 6.45) is 8.23. The molecule has 160 valence electrons. The average Bonchev–Trinajstić information content (AvgIpc) is 2.70. The molecular formula is C21H38IN5O. The van der Waals surface area contributed by atoms with Gasteiger partial charge in [-0.15, -0.1) is 24.0 Å². The minimum atomic E-state index is 0. The van der Waals surface area contributed by atoms with Gasteiger partial charge in [0.05, 0.1) is 19.8 Å². The molecule has 1 aromatic heterocycles. The van der Waals surface area contributed by atoms with Crippen molar-refractivity contribution >= 4 is 35.8 Å². The largest absolute Gasteiger partial charge is 0.378 e. The van der Waals surface area contributed by atoms with Crippen LogP contribution in [0.1, 0.15) is 58.4 Å². The predicted molar refractivity (Wildman–Crippen MR) is 129 cm³/mol. The van der Waals surface area contributed by atoms with Crippen molar-refractivity contribution in [3.05, 3.63) is 23.9 Å². The van der Waals surface area contributed by atoms with Crippen LogP contribution in [0, 0.1) is 0 Å². The molecule has 1 fully saturated rings. The fraction of sp³-hybridized carbons (Fsp3) is 0.714. The lowest BCUT2D eigenvalue weighted by Crippen LogP contribution is -2.42. The summed E-state index contributed by atoms with van der Waals surface area (Å²) in [5, 5.41) is 6.92. The maximum atomic E-state index is 5.47. The molecule has 0 radical (unpaired) electrons. The van der Waals surface area contributed by atoms with Crippen LogP contribution >= 0.6 is 24.0 Å².